The number of hydrogen-bond donors (Lipinski definition) is 0. The molecule has 7 aromatic rings. The molecule has 8 rings (SSSR count). The molecule has 1 atom stereocenters. The Labute approximate surface area is 317 Å². The molecule has 1 aromatic heterocycles. The number of furan rings is 1. The summed E-state index contributed by atoms with van der Waals surface area (Å²) in [4.78, 5) is 10.3. The fourth-order valence-electron chi connectivity index (χ4n) is 7.22. The summed E-state index contributed by atoms with van der Waals surface area (Å²) >= 11 is 0. The molecule has 0 bridgehead atoms. The van der Waals surface area contributed by atoms with Gasteiger partial charge in [0.1, 0.15) is 11.2 Å². The molecule has 3 nitrogen and oxygen atoms in total. The molecule has 6 aromatic carbocycles. The molecular weight excluding hydrogens is 835 g/mol. The van der Waals surface area contributed by atoms with Gasteiger partial charge in [0, 0.05) is 27.5 Å². The van der Waals surface area contributed by atoms with Gasteiger partial charge in [0.2, 0.25) is 0 Å². The van der Waals surface area contributed by atoms with Crippen LogP contribution < -0.4 is 0 Å². The molecule has 1 aliphatic carbocycles. The predicted molar refractivity (Wildman–Crippen MR) is 204 cm³/mol. The zero-order valence-electron chi connectivity index (χ0n) is 28.7. The van der Waals surface area contributed by atoms with Crippen molar-refractivity contribution in [3.63, 3.8) is 0 Å². The summed E-state index contributed by atoms with van der Waals surface area (Å²) in [5.74, 6) is 0.961. The van der Waals surface area contributed by atoms with Crippen molar-refractivity contribution in [3.05, 3.63) is 174 Å². The van der Waals surface area contributed by atoms with Gasteiger partial charge in [0.25, 0.3) is 0 Å². The minimum atomic E-state index is -0.189. The molecule has 0 fully saturated rings. The first-order valence-electron chi connectivity index (χ1n) is 16.8. The molecule has 50 heavy (non-hydrogen) atoms. The molecule has 0 spiro atoms. The molecule has 0 amide bonds. The zero-order chi connectivity index (χ0) is 33.7. The van der Waals surface area contributed by atoms with Gasteiger partial charge >= 0.3 is 31.1 Å². The summed E-state index contributed by atoms with van der Waals surface area (Å²) in [5.41, 5.74) is 13.2. The van der Waals surface area contributed by atoms with Crippen molar-refractivity contribution in [3.8, 4) is 22.3 Å². The van der Waals surface area contributed by atoms with Gasteiger partial charge in [-0.25, -0.2) is 21.1 Å². The van der Waals surface area contributed by atoms with E-state index in [9.17, 15) is 0 Å². The van der Waals surface area contributed by atoms with E-state index < -0.39 is 0 Å². The first-order valence-corrected chi connectivity index (χ1v) is 16.8. The minimum Gasteiger partial charge on any atom is -0.456 e. The molecule has 0 saturated heterocycles. The SMILES string of the molecule is C=C(N=C(N=C(C)c1ccc2c(c1)C(C)(C(C)C)c1cc[c-]c(-c3[c-]cccc3)c1-2)c1ccc2oc3ccccc3c2c1)c1ccccc1.[U+2]. The van der Waals surface area contributed by atoms with Crippen LogP contribution >= 0.6 is 0 Å². The van der Waals surface area contributed by atoms with Crippen molar-refractivity contribution in [2.75, 3.05) is 0 Å². The van der Waals surface area contributed by atoms with E-state index in [0.29, 0.717) is 17.5 Å². The second kappa shape index (κ2) is 13.5. The number of hydrogen-bond acceptors (Lipinski definition) is 2. The Morgan fingerprint density at radius 1 is 0.700 bits per heavy atom. The average Bonchev–Trinajstić information content (AvgIpc) is 3.64. The van der Waals surface area contributed by atoms with Crippen molar-refractivity contribution >= 4 is 39.2 Å². The van der Waals surface area contributed by atoms with Crippen LogP contribution in [0.25, 0.3) is 49.9 Å². The Morgan fingerprint density at radius 2 is 1.44 bits per heavy atom. The van der Waals surface area contributed by atoms with Crippen molar-refractivity contribution < 1.29 is 35.5 Å². The maximum absolute atomic E-state index is 6.14. The normalized spacial score (nSPS) is 15.6. The first-order chi connectivity index (χ1) is 23.8. The third-order valence-corrected chi connectivity index (χ3v) is 10.2. The van der Waals surface area contributed by atoms with Crippen LogP contribution in [0.15, 0.2) is 148 Å². The largest absolute Gasteiger partial charge is 2.00 e. The topological polar surface area (TPSA) is 37.9 Å². The van der Waals surface area contributed by atoms with E-state index >= 15 is 0 Å². The fraction of sp³-hybridized carbons (Fsp3) is 0.130. The van der Waals surface area contributed by atoms with Crippen molar-refractivity contribution in [1.82, 2.24) is 0 Å². The van der Waals surface area contributed by atoms with Crippen LogP contribution in [-0.2, 0) is 5.41 Å². The molecule has 1 heterocycles. The van der Waals surface area contributed by atoms with Crippen LogP contribution in [0.1, 0.15) is 55.5 Å². The van der Waals surface area contributed by atoms with Crippen LogP contribution in [-0.4, -0.2) is 11.5 Å². The van der Waals surface area contributed by atoms with Crippen LogP contribution in [0, 0.1) is 49.2 Å². The number of fused-ring (bicyclic) bond motifs is 6. The Kier molecular flexibility index (Phi) is 9.12. The molecule has 0 radical (unpaired) electrons. The molecule has 4 heteroatoms. The summed E-state index contributed by atoms with van der Waals surface area (Å²) < 4.78 is 6.14. The first kappa shape index (κ1) is 33.7. The molecule has 1 aliphatic rings. The Bertz CT molecular complexity index is 2450. The van der Waals surface area contributed by atoms with E-state index in [4.69, 9.17) is 14.4 Å². The molecule has 0 N–H and O–H groups in total. The number of nitrogens with zero attached hydrogens (tertiary/aromatic N) is 2. The van der Waals surface area contributed by atoms with Crippen LogP contribution in [0.3, 0.4) is 0 Å². The van der Waals surface area contributed by atoms with Crippen LogP contribution in [0.5, 0.6) is 0 Å². The second-order valence-corrected chi connectivity index (χ2v) is 13.3. The zero-order valence-corrected chi connectivity index (χ0v) is 32.9. The van der Waals surface area contributed by atoms with Gasteiger partial charge < -0.3 is 4.42 Å². The van der Waals surface area contributed by atoms with Crippen LogP contribution in [0.2, 0.25) is 0 Å². The van der Waals surface area contributed by atoms with Crippen molar-refractivity contribution in [2.24, 2.45) is 15.9 Å². The van der Waals surface area contributed by atoms with E-state index in [1.807, 2.05) is 72.8 Å². The second-order valence-electron chi connectivity index (χ2n) is 13.3. The van der Waals surface area contributed by atoms with Gasteiger partial charge in [-0.2, -0.15) is 36.4 Å². The van der Waals surface area contributed by atoms with Crippen LogP contribution in [0.4, 0.5) is 0 Å². The summed E-state index contributed by atoms with van der Waals surface area (Å²) in [7, 11) is 0. The van der Waals surface area contributed by atoms with E-state index in [1.165, 1.54) is 22.3 Å². The number of amidine groups is 1. The van der Waals surface area contributed by atoms with Crippen molar-refractivity contribution in [2.45, 2.75) is 33.1 Å². The number of rotatable bonds is 6. The fourth-order valence-corrected chi connectivity index (χ4v) is 7.22. The standard InChI is InChI=1S/C46H36N2O.U/c1-29(2)46(5)40-21-14-20-36(33-17-10-7-11-18-33)44(40)38-25-23-34(28-41(38)46)31(4)48-45(47-30(3)32-15-8-6-9-16-32)35-24-26-43-39(27-35)37-19-12-13-22-42(37)49-43;/h6-17,19,21-29H,3H2,1-2,4-5H3;/q-2;+2. The third kappa shape index (κ3) is 5.71. The monoisotopic (exact) mass is 870 g/mol. The van der Waals surface area contributed by atoms with E-state index in [-0.39, 0.29) is 36.5 Å². The number of aliphatic imine (C=N–C) groups is 2. The van der Waals surface area contributed by atoms with E-state index in [0.717, 1.165) is 55.5 Å². The van der Waals surface area contributed by atoms with Gasteiger partial charge in [0.15, 0.2) is 5.84 Å². The maximum atomic E-state index is 6.14. The van der Waals surface area contributed by atoms with Gasteiger partial charge in [-0.1, -0.05) is 93.6 Å². The quantitative estimate of drug-likeness (QED) is 0.0932. The molecular formula is C46H36N2OU. The number of benzene rings is 6. The minimum absolute atomic E-state index is 0. The summed E-state index contributed by atoms with van der Waals surface area (Å²) in [6.07, 6.45) is 0. The van der Waals surface area contributed by atoms with E-state index in [2.05, 4.69) is 101 Å². The molecule has 0 saturated carbocycles. The summed E-state index contributed by atoms with van der Waals surface area (Å²) in [5, 5.41) is 2.10. The van der Waals surface area contributed by atoms with E-state index in [1.54, 1.807) is 0 Å². The summed E-state index contributed by atoms with van der Waals surface area (Å²) in [6, 6.07) is 50.6. The third-order valence-electron chi connectivity index (χ3n) is 10.2. The van der Waals surface area contributed by atoms with Gasteiger partial charge in [-0.3, -0.25) is 0 Å². The predicted octanol–water partition coefficient (Wildman–Crippen LogP) is 11.7. The Balaban J connectivity index is 0.00000392. The Hall–Kier alpha value is -4.75. The summed E-state index contributed by atoms with van der Waals surface area (Å²) in [6.45, 7) is 13.4. The van der Waals surface area contributed by atoms with Crippen molar-refractivity contribution in [1.29, 1.82) is 0 Å². The van der Waals surface area contributed by atoms with Gasteiger partial charge in [-0.05, 0) is 59.9 Å². The average molecular weight is 871 g/mol. The molecule has 1 unspecified atom stereocenters. The Morgan fingerprint density at radius 3 is 2.22 bits per heavy atom. The molecule has 0 aliphatic heterocycles. The number of para-hydroxylation sites is 1. The van der Waals surface area contributed by atoms with Gasteiger partial charge in [-0.15, -0.1) is 23.3 Å². The van der Waals surface area contributed by atoms with Gasteiger partial charge in [0.05, 0.1) is 5.70 Å². The smallest absolute Gasteiger partial charge is 0.456 e. The molecule has 240 valence electrons. The maximum Gasteiger partial charge on any atom is 2.00 e.